The number of benzene rings is 1. The first-order chi connectivity index (χ1) is 7.63. The van der Waals surface area contributed by atoms with Crippen LogP contribution in [0.15, 0.2) is 18.7 Å². The molecule has 0 aliphatic heterocycles. The van der Waals surface area contributed by atoms with Crippen molar-refractivity contribution in [2.75, 3.05) is 20.8 Å². The van der Waals surface area contributed by atoms with Crippen molar-refractivity contribution in [3.8, 4) is 11.5 Å². The molecule has 0 saturated heterocycles. The van der Waals surface area contributed by atoms with E-state index in [1.165, 1.54) is 0 Å². The van der Waals surface area contributed by atoms with E-state index in [1.54, 1.807) is 14.2 Å². The molecule has 3 nitrogen and oxygen atoms in total. The molecule has 0 saturated carbocycles. The average Bonchev–Trinajstić information content (AvgIpc) is 2.29. The molecule has 0 unspecified atom stereocenters. The second-order valence-electron chi connectivity index (χ2n) is 3.65. The Morgan fingerprint density at radius 1 is 1.25 bits per heavy atom. The summed E-state index contributed by atoms with van der Waals surface area (Å²) in [6.07, 6.45) is 0.773. The Morgan fingerprint density at radius 3 is 2.12 bits per heavy atom. The second-order valence-corrected chi connectivity index (χ2v) is 3.65. The van der Waals surface area contributed by atoms with Gasteiger partial charge in [0.2, 0.25) is 0 Å². The minimum absolute atomic E-state index is 0.595. The molecule has 0 heterocycles. The summed E-state index contributed by atoms with van der Waals surface area (Å²) in [6.45, 7) is 6.56. The fraction of sp³-hybridized carbons (Fsp3) is 0.385. The summed E-state index contributed by atoms with van der Waals surface area (Å²) in [7, 11) is 3.30. The summed E-state index contributed by atoms with van der Waals surface area (Å²) >= 11 is 0. The van der Waals surface area contributed by atoms with Crippen molar-refractivity contribution in [1.29, 1.82) is 0 Å². The molecule has 16 heavy (non-hydrogen) atoms. The Hall–Kier alpha value is -1.48. The number of methoxy groups -OCH3 is 2. The van der Waals surface area contributed by atoms with Crippen molar-refractivity contribution < 1.29 is 9.47 Å². The molecule has 0 spiro atoms. The average molecular weight is 221 g/mol. The Morgan fingerprint density at radius 2 is 1.75 bits per heavy atom. The molecule has 88 valence electrons. The van der Waals surface area contributed by atoms with Gasteiger partial charge in [0.15, 0.2) is 0 Å². The molecule has 0 atom stereocenters. The predicted molar refractivity (Wildman–Crippen MR) is 67.0 cm³/mol. The maximum absolute atomic E-state index is 5.51. The van der Waals surface area contributed by atoms with Crippen molar-refractivity contribution in [3.63, 3.8) is 0 Å². The van der Waals surface area contributed by atoms with Crippen LogP contribution in [-0.2, 0) is 0 Å². The van der Waals surface area contributed by atoms with Crippen molar-refractivity contribution in [2.24, 2.45) is 5.73 Å². The normalized spacial score (nSPS) is 10.0. The van der Waals surface area contributed by atoms with E-state index in [0.29, 0.717) is 6.54 Å². The summed E-state index contributed by atoms with van der Waals surface area (Å²) in [5, 5.41) is 0. The van der Waals surface area contributed by atoms with Gasteiger partial charge in [-0.15, -0.1) is 0 Å². The maximum Gasteiger partial charge on any atom is 0.126 e. The quantitative estimate of drug-likeness (QED) is 0.830. The van der Waals surface area contributed by atoms with Crippen LogP contribution in [0.4, 0.5) is 0 Å². The van der Waals surface area contributed by atoms with E-state index >= 15 is 0 Å². The van der Waals surface area contributed by atoms with Crippen LogP contribution in [0.2, 0.25) is 0 Å². The minimum atomic E-state index is 0.595. The van der Waals surface area contributed by atoms with Crippen LogP contribution in [0.1, 0.15) is 17.5 Å². The molecule has 0 aromatic heterocycles. The SMILES string of the molecule is C=C(CCN)c1cc(OC)c(C)c(OC)c1. The van der Waals surface area contributed by atoms with Gasteiger partial charge in [0, 0.05) is 5.56 Å². The predicted octanol–water partition coefficient (Wildman–Crippen LogP) is 2.37. The summed E-state index contributed by atoms with van der Waals surface area (Å²) in [5.74, 6) is 1.63. The van der Waals surface area contributed by atoms with E-state index in [2.05, 4.69) is 6.58 Å². The van der Waals surface area contributed by atoms with Crippen molar-refractivity contribution in [2.45, 2.75) is 13.3 Å². The molecule has 0 aliphatic rings. The highest BCUT2D eigenvalue weighted by atomic mass is 16.5. The first kappa shape index (κ1) is 12.6. The van der Waals surface area contributed by atoms with Crippen LogP contribution in [0.25, 0.3) is 5.57 Å². The molecule has 0 radical (unpaired) electrons. The van der Waals surface area contributed by atoms with Gasteiger partial charge in [-0.1, -0.05) is 6.58 Å². The molecule has 2 N–H and O–H groups in total. The lowest BCUT2D eigenvalue weighted by atomic mass is 10.0. The van der Waals surface area contributed by atoms with Crippen LogP contribution < -0.4 is 15.2 Å². The van der Waals surface area contributed by atoms with Crippen LogP contribution >= 0.6 is 0 Å². The fourth-order valence-electron chi connectivity index (χ4n) is 1.61. The Labute approximate surface area is 96.9 Å². The third-order valence-electron chi connectivity index (χ3n) is 2.61. The summed E-state index contributed by atoms with van der Waals surface area (Å²) in [6, 6.07) is 3.94. The molecule has 1 aromatic rings. The van der Waals surface area contributed by atoms with Gasteiger partial charge in [0.25, 0.3) is 0 Å². The van der Waals surface area contributed by atoms with E-state index in [4.69, 9.17) is 15.2 Å². The number of rotatable bonds is 5. The maximum atomic E-state index is 5.51. The highest BCUT2D eigenvalue weighted by Gasteiger charge is 2.09. The van der Waals surface area contributed by atoms with E-state index < -0.39 is 0 Å². The van der Waals surface area contributed by atoms with E-state index in [1.807, 2.05) is 19.1 Å². The molecule has 1 rings (SSSR count). The van der Waals surface area contributed by atoms with Gasteiger partial charge >= 0.3 is 0 Å². The number of ether oxygens (including phenoxy) is 2. The zero-order valence-corrected chi connectivity index (χ0v) is 10.2. The van der Waals surface area contributed by atoms with Crippen LogP contribution in [0.5, 0.6) is 11.5 Å². The highest BCUT2D eigenvalue weighted by molar-refractivity contribution is 5.68. The summed E-state index contributed by atoms with van der Waals surface area (Å²) in [4.78, 5) is 0. The van der Waals surface area contributed by atoms with Crippen molar-refractivity contribution in [3.05, 3.63) is 29.8 Å². The van der Waals surface area contributed by atoms with Gasteiger partial charge < -0.3 is 15.2 Å². The van der Waals surface area contributed by atoms with E-state index in [9.17, 15) is 0 Å². The number of hydrogen-bond acceptors (Lipinski definition) is 3. The van der Waals surface area contributed by atoms with Gasteiger partial charge in [-0.25, -0.2) is 0 Å². The molecule has 0 bridgehead atoms. The third kappa shape index (κ3) is 2.55. The first-order valence-corrected chi connectivity index (χ1v) is 5.24. The topological polar surface area (TPSA) is 44.5 Å². The van der Waals surface area contributed by atoms with Gasteiger partial charge in [-0.05, 0) is 43.2 Å². The van der Waals surface area contributed by atoms with Crippen molar-refractivity contribution in [1.82, 2.24) is 0 Å². The van der Waals surface area contributed by atoms with Crippen LogP contribution in [0, 0.1) is 6.92 Å². The lowest BCUT2D eigenvalue weighted by Gasteiger charge is -2.13. The second kappa shape index (κ2) is 5.56. The molecule has 0 aliphatic carbocycles. The van der Waals surface area contributed by atoms with Crippen LogP contribution in [-0.4, -0.2) is 20.8 Å². The zero-order chi connectivity index (χ0) is 12.1. The Bertz CT molecular complexity index is 361. The van der Waals surface area contributed by atoms with Crippen LogP contribution in [0.3, 0.4) is 0 Å². The summed E-state index contributed by atoms with van der Waals surface area (Å²) < 4.78 is 10.6. The van der Waals surface area contributed by atoms with E-state index in [0.717, 1.165) is 34.6 Å². The third-order valence-corrected chi connectivity index (χ3v) is 2.61. The smallest absolute Gasteiger partial charge is 0.126 e. The minimum Gasteiger partial charge on any atom is -0.496 e. The first-order valence-electron chi connectivity index (χ1n) is 5.24. The Kier molecular flexibility index (Phi) is 4.38. The lowest BCUT2D eigenvalue weighted by Crippen LogP contribution is -2.00. The molecule has 3 heteroatoms. The number of hydrogen-bond donors (Lipinski definition) is 1. The summed E-state index contributed by atoms with van der Waals surface area (Å²) in [5.41, 5.74) is 8.53. The molecule has 0 fully saturated rings. The van der Waals surface area contributed by atoms with Crippen molar-refractivity contribution >= 4 is 5.57 Å². The largest absolute Gasteiger partial charge is 0.496 e. The highest BCUT2D eigenvalue weighted by Crippen LogP contribution is 2.32. The standard InChI is InChI=1S/C13H19NO2/c1-9(5-6-14)11-7-12(15-3)10(2)13(8-11)16-4/h7-8H,1,5-6,14H2,2-4H3. The zero-order valence-electron chi connectivity index (χ0n) is 10.2. The molecule has 1 aromatic carbocycles. The molecular formula is C13H19NO2. The van der Waals surface area contributed by atoms with Gasteiger partial charge in [0.05, 0.1) is 14.2 Å². The Balaban J connectivity index is 3.16. The monoisotopic (exact) mass is 221 g/mol. The van der Waals surface area contributed by atoms with Gasteiger partial charge in [0.1, 0.15) is 11.5 Å². The van der Waals surface area contributed by atoms with Gasteiger partial charge in [-0.3, -0.25) is 0 Å². The van der Waals surface area contributed by atoms with Gasteiger partial charge in [-0.2, -0.15) is 0 Å². The molecule has 0 amide bonds. The molecular weight excluding hydrogens is 202 g/mol. The lowest BCUT2D eigenvalue weighted by molar-refractivity contribution is 0.388. The van der Waals surface area contributed by atoms with E-state index in [-0.39, 0.29) is 0 Å². The number of nitrogens with two attached hydrogens (primary N) is 1. The fourth-order valence-corrected chi connectivity index (χ4v) is 1.61.